The van der Waals surface area contributed by atoms with Crippen molar-refractivity contribution in [3.05, 3.63) is 0 Å². The normalized spacial score (nSPS) is 7.25. The fraction of sp³-hybridized carbons (Fsp3) is 0. The standard InChI is InChI=1S/2Ca.FH.H2O4S.4H/c;;;1-5(2,3)4;;;;/h;;1H;(H2,1,2,3,4);;;;/q2*+2;;;4*-1. The van der Waals surface area contributed by atoms with Crippen molar-refractivity contribution in [2.75, 3.05) is 0 Å². The molecular formula is H7Ca2FO4S. The molecule has 8 heteroatoms. The van der Waals surface area contributed by atoms with Crippen LogP contribution >= 0.6 is 0 Å². The Morgan fingerprint density at radius 3 is 1.12 bits per heavy atom. The molecule has 0 atom stereocenters. The molecule has 0 spiro atoms. The van der Waals surface area contributed by atoms with Crippen LogP contribution in [0.2, 0.25) is 0 Å². The molecule has 0 saturated heterocycles. The van der Waals surface area contributed by atoms with E-state index < -0.39 is 10.4 Å². The van der Waals surface area contributed by atoms with Gasteiger partial charge in [-0.1, -0.05) is 0 Å². The van der Waals surface area contributed by atoms with E-state index in [1.807, 2.05) is 0 Å². The van der Waals surface area contributed by atoms with Gasteiger partial charge in [-0.3, -0.25) is 13.8 Å². The maximum Gasteiger partial charge on any atom is 2.00 e. The van der Waals surface area contributed by atoms with Crippen LogP contribution < -0.4 is 0 Å². The molecule has 0 bridgehead atoms. The third-order valence-electron chi connectivity index (χ3n) is 0. The van der Waals surface area contributed by atoms with Crippen LogP contribution in [0.4, 0.5) is 4.70 Å². The van der Waals surface area contributed by atoms with Crippen LogP contribution in [0.1, 0.15) is 5.71 Å². The van der Waals surface area contributed by atoms with E-state index in [9.17, 15) is 0 Å². The van der Waals surface area contributed by atoms with Gasteiger partial charge in [0.15, 0.2) is 0 Å². The van der Waals surface area contributed by atoms with E-state index in [4.69, 9.17) is 17.5 Å². The molecule has 0 unspecified atom stereocenters. The van der Waals surface area contributed by atoms with Crippen molar-refractivity contribution < 1.29 is 27.9 Å². The molecule has 0 aliphatic carbocycles. The molecule has 48 valence electrons. The van der Waals surface area contributed by atoms with Crippen molar-refractivity contribution in [3.63, 3.8) is 0 Å². The zero-order valence-corrected chi connectivity index (χ0v) is 9.17. The first-order chi connectivity index (χ1) is 2.00. The van der Waals surface area contributed by atoms with Crippen molar-refractivity contribution in [1.29, 1.82) is 0 Å². The van der Waals surface area contributed by atoms with Gasteiger partial charge in [0.2, 0.25) is 0 Å². The van der Waals surface area contributed by atoms with Gasteiger partial charge in [-0.05, 0) is 0 Å². The fourth-order valence-electron chi connectivity index (χ4n) is 0. The summed E-state index contributed by atoms with van der Waals surface area (Å²) in [5.74, 6) is 0. The first kappa shape index (κ1) is 22.4. The van der Waals surface area contributed by atoms with Gasteiger partial charge in [0.05, 0.1) is 0 Å². The van der Waals surface area contributed by atoms with E-state index in [0.29, 0.717) is 0 Å². The topological polar surface area (TPSA) is 74.6 Å². The smallest absolute Gasteiger partial charge is 1.00 e. The molecule has 0 fully saturated rings. The Balaban J connectivity index is -0.00000000381. The quantitative estimate of drug-likeness (QED) is 0.398. The molecule has 8 heavy (non-hydrogen) atoms. The van der Waals surface area contributed by atoms with Gasteiger partial charge < -0.3 is 5.71 Å². The zero-order chi connectivity index (χ0) is 4.50. The molecule has 0 amide bonds. The molecular weight excluding hydrogens is 195 g/mol. The van der Waals surface area contributed by atoms with Crippen LogP contribution in [0.15, 0.2) is 0 Å². The second kappa shape index (κ2) is 9.32. The molecule has 0 rings (SSSR count). The molecule has 0 aromatic heterocycles. The summed E-state index contributed by atoms with van der Waals surface area (Å²) in [6, 6.07) is 0. The van der Waals surface area contributed by atoms with Crippen molar-refractivity contribution in [2.45, 2.75) is 0 Å². The summed E-state index contributed by atoms with van der Waals surface area (Å²) < 4.78 is 31.6. The fourth-order valence-corrected chi connectivity index (χ4v) is 0. The summed E-state index contributed by atoms with van der Waals surface area (Å²) in [4.78, 5) is 0. The number of hydrogen-bond acceptors (Lipinski definition) is 2. The Hall–Kier alpha value is 2.32. The molecule has 0 radical (unpaired) electrons. The average Bonchev–Trinajstić information content (AvgIpc) is 0.722. The predicted octanol–water partition coefficient (Wildman–Crippen LogP) is -0.812. The minimum atomic E-state index is -4.67. The molecule has 0 heterocycles. The summed E-state index contributed by atoms with van der Waals surface area (Å²) in [5, 5.41) is 0. The second-order valence-electron chi connectivity index (χ2n) is 0.448. The van der Waals surface area contributed by atoms with Crippen molar-refractivity contribution in [1.82, 2.24) is 0 Å². The Bertz CT molecular complexity index is 108. The van der Waals surface area contributed by atoms with Gasteiger partial charge in [-0.15, -0.1) is 0 Å². The molecule has 0 aliphatic heterocycles. The summed E-state index contributed by atoms with van der Waals surface area (Å²) in [7, 11) is -4.67. The number of rotatable bonds is 0. The number of hydrogen-bond donors (Lipinski definition) is 2. The third kappa shape index (κ3) is 82.8. The molecule has 0 saturated carbocycles. The first-order valence-electron chi connectivity index (χ1n) is 0.698. The van der Waals surface area contributed by atoms with Crippen LogP contribution in [0.3, 0.4) is 0 Å². The monoisotopic (exact) mass is 202 g/mol. The summed E-state index contributed by atoms with van der Waals surface area (Å²) >= 11 is 0. The van der Waals surface area contributed by atoms with Gasteiger partial charge >= 0.3 is 85.9 Å². The van der Waals surface area contributed by atoms with Gasteiger partial charge in [0.25, 0.3) is 0 Å². The molecule has 0 aromatic carbocycles. The Morgan fingerprint density at radius 2 is 1.12 bits per heavy atom. The van der Waals surface area contributed by atoms with Crippen molar-refractivity contribution >= 4 is 85.9 Å². The summed E-state index contributed by atoms with van der Waals surface area (Å²) in [6.07, 6.45) is 0. The van der Waals surface area contributed by atoms with Crippen LogP contribution in [0.25, 0.3) is 0 Å². The van der Waals surface area contributed by atoms with E-state index in [2.05, 4.69) is 0 Å². The maximum atomic E-state index is 8.74. The predicted molar refractivity (Wildman–Crippen MR) is 32.6 cm³/mol. The minimum Gasteiger partial charge on any atom is -1.00 e. The van der Waals surface area contributed by atoms with E-state index in [-0.39, 0.29) is 85.9 Å². The van der Waals surface area contributed by atoms with Gasteiger partial charge in [0, 0.05) is 0 Å². The SMILES string of the molecule is F.O=S(=O)(O)O.[Ca+2].[Ca+2].[H-].[H-].[H-].[H-]. The first-order valence-corrected chi connectivity index (χ1v) is 2.10. The Morgan fingerprint density at radius 1 is 1.12 bits per heavy atom. The molecule has 0 aliphatic rings. The molecule has 4 nitrogen and oxygen atoms in total. The number of halogens is 1. The molecule has 2 N–H and O–H groups in total. The van der Waals surface area contributed by atoms with E-state index in [1.54, 1.807) is 0 Å². The van der Waals surface area contributed by atoms with Crippen LogP contribution in [-0.2, 0) is 10.4 Å². The van der Waals surface area contributed by atoms with Crippen LogP contribution in [0, 0.1) is 0 Å². The third-order valence-corrected chi connectivity index (χ3v) is 0. The van der Waals surface area contributed by atoms with Crippen LogP contribution in [-0.4, -0.2) is 93.0 Å². The molecule has 0 aromatic rings. The second-order valence-corrected chi connectivity index (χ2v) is 1.34. The van der Waals surface area contributed by atoms with Crippen molar-refractivity contribution in [3.8, 4) is 0 Å². The van der Waals surface area contributed by atoms with Crippen LogP contribution in [0.5, 0.6) is 0 Å². The summed E-state index contributed by atoms with van der Waals surface area (Å²) in [5.41, 5.74) is 0. The van der Waals surface area contributed by atoms with Gasteiger partial charge in [-0.2, -0.15) is 8.42 Å². The minimum absolute atomic E-state index is 0. The van der Waals surface area contributed by atoms with Crippen molar-refractivity contribution in [2.24, 2.45) is 0 Å². The van der Waals surface area contributed by atoms with E-state index in [0.717, 1.165) is 0 Å². The van der Waals surface area contributed by atoms with E-state index >= 15 is 0 Å². The average molecular weight is 202 g/mol. The van der Waals surface area contributed by atoms with Gasteiger partial charge in [0.1, 0.15) is 0 Å². The Kier molecular flexibility index (Phi) is 26.1. The Labute approximate surface area is 112 Å². The van der Waals surface area contributed by atoms with E-state index in [1.165, 1.54) is 0 Å². The van der Waals surface area contributed by atoms with Gasteiger partial charge in [-0.25, -0.2) is 0 Å². The zero-order valence-electron chi connectivity index (χ0n) is 7.94. The maximum absolute atomic E-state index is 8.74. The summed E-state index contributed by atoms with van der Waals surface area (Å²) in [6.45, 7) is 0. The largest absolute Gasteiger partial charge is 2.00 e.